The van der Waals surface area contributed by atoms with Crippen LogP contribution in [-0.4, -0.2) is 47.6 Å². The predicted octanol–water partition coefficient (Wildman–Crippen LogP) is 4.41. The lowest BCUT2D eigenvalue weighted by Gasteiger charge is -2.34. The highest BCUT2D eigenvalue weighted by Gasteiger charge is 2.16. The van der Waals surface area contributed by atoms with E-state index in [9.17, 15) is 5.11 Å². The lowest BCUT2D eigenvalue weighted by atomic mass is 9.99. The van der Waals surface area contributed by atoms with Gasteiger partial charge in [-0.1, -0.05) is 67.4 Å². The second-order valence-electron chi connectivity index (χ2n) is 7.83. The van der Waals surface area contributed by atoms with Crippen molar-refractivity contribution in [1.82, 2.24) is 9.80 Å². The molecule has 3 heteroatoms. The number of benzene rings is 2. The van der Waals surface area contributed by atoms with E-state index in [4.69, 9.17) is 0 Å². The van der Waals surface area contributed by atoms with Gasteiger partial charge in [-0.3, -0.25) is 4.90 Å². The van der Waals surface area contributed by atoms with E-state index in [1.54, 1.807) is 0 Å². The minimum atomic E-state index is -0.312. The van der Waals surface area contributed by atoms with Gasteiger partial charge in [-0.2, -0.15) is 0 Å². The molecule has 1 saturated heterocycles. The molecule has 3 rings (SSSR count). The van der Waals surface area contributed by atoms with Gasteiger partial charge in [0.1, 0.15) is 0 Å². The Morgan fingerprint density at radius 1 is 0.815 bits per heavy atom. The molecular weight excluding hydrogens is 332 g/mol. The minimum absolute atomic E-state index is 0.312. The molecule has 146 valence electrons. The molecular formula is C24H34N2O. The zero-order chi connectivity index (χ0) is 18.9. The van der Waals surface area contributed by atoms with Crippen molar-refractivity contribution in [2.24, 2.45) is 0 Å². The summed E-state index contributed by atoms with van der Waals surface area (Å²) in [6, 6.07) is 19.0. The fourth-order valence-electron chi connectivity index (χ4n) is 3.98. The van der Waals surface area contributed by atoms with Gasteiger partial charge in [-0.15, -0.1) is 0 Å². The second-order valence-corrected chi connectivity index (χ2v) is 7.83. The van der Waals surface area contributed by atoms with E-state index >= 15 is 0 Å². The number of hydrogen-bond acceptors (Lipinski definition) is 3. The van der Waals surface area contributed by atoms with E-state index in [1.807, 2.05) is 12.1 Å². The highest BCUT2D eigenvalue weighted by atomic mass is 16.3. The lowest BCUT2D eigenvalue weighted by Crippen LogP contribution is -2.46. The first-order valence-electron chi connectivity index (χ1n) is 10.4. The third-order valence-electron chi connectivity index (χ3n) is 5.71. The SMILES string of the molecule is Cc1ccccc1C(O)CCCCCN1CCN(Cc2ccccc2)CC1. The van der Waals surface area contributed by atoms with Gasteiger partial charge in [-0.05, 0) is 43.0 Å². The summed E-state index contributed by atoms with van der Waals surface area (Å²) in [6.45, 7) is 9.04. The summed E-state index contributed by atoms with van der Waals surface area (Å²) in [5.74, 6) is 0. The number of unbranched alkanes of at least 4 members (excludes halogenated alkanes) is 2. The molecule has 1 heterocycles. The zero-order valence-electron chi connectivity index (χ0n) is 16.7. The second kappa shape index (κ2) is 10.6. The van der Waals surface area contributed by atoms with Gasteiger partial charge < -0.3 is 10.0 Å². The summed E-state index contributed by atoms with van der Waals surface area (Å²) >= 11 is 0. The molecule has 0 aromatic heterocycles. The van der Waals surface area contributed by atoms with Crippen molar-refractivity contribution in [3.05, 3.63) is 71.3 Å². The van der Waals surface area contributed by atoms with Crippen LogP contribution >= 0.6 is 0 Å². The van der Waals surface area contributed by atoms with Crippen molar-refractivity contribution in [1.29, 1.82) is 0 Å². The number of piperazine rings is 1. The maximum Gasteiger partial charge on any atom is 0.0792 e. The first-order chi connectivity index (χ1) is 13.2. The Kier molecular flexibility index (Phi) is 7.88. The van der Waals surface area contributed by atoms with Gasteiger partial charge in [0, 0.05) is 32.7 Å². The van der Waals surface area contributed by atoms with Gasteiger partial charge in [0.15, 0.2) is 0 Å². The molecule has 0 amide bonds. The average Bonchev–Trinajstić information content (AvgIpc) is 2.70. The number of aryl methyl sites for hydroxylation is 1. The van der Waals surface area contributed by atoms with Crippen molar-refractivity contribution in [3.63, 3.8) is 0 Å². The standard InChI is InChI=1S/C24H34N2O/c1-21-10-7-8-13-23(21)24(27)14-6-3-9-15-25-16-18-26(19-17-25)20-22-11-4-2-5-12-22/h2,4-5,7-8,10-13,24,27H,3,6,9,14-20H2,1H3. The summed E-state index contributed by atoms with van der Waals surface area (Å²) in [4.78, 5) is 5.16. The summed E-state index contributed by atoms with van der Waals surface area (Å²) in [6.07, 6.45) is 4.10. The molecule has 1 aliphatic rings. The monoisotopic (exact) mass is 366 g/mol. The van der Waals surface area contributed by atoms with Gasteiger partial charge in [0.25, 0.3) is 0 Å². The Morgan fingerprint density at radius 2 is 1.48 bits per heavy atom. The van der Waals surface area contributed by atoms with Crippen LogP contribution in [0.3, 0.4) is 0 Å². The van der Waals surface area contributed by atoms with E-state index in [0.29, 0.717) is 0 Å². The summed E-state index contributed by atoms with van der Waals surface area (Å²) in [5, 5.41) is 10.4. The van der Waals surface area contributed by atoms with Gasteiger partial charge >= 0.3 is 0 Å². The van der Waals surface area contributed by atoms with E-state index in [1.165, 1.54) is 56.7 Å². The van der Waals surface area contributed by atoms with Crippen molar-refractivity contribution >= 4 is 0 Å². The van der Waals surface area contributed by atoms with Gasteiger partial charge in [-0.25, -0.2) is 0 Å². The normalized spacial score (nSPS) is 17.1. The van der Waals surface area contributed by atoms with Crippen LogP contribution in [0.5, 0.6) is 0 Å². The molecule has 27 heavy (non-hydrogen) atoms. The maximum atomic E-state index is 10.4. The molecule has 0 aliphatic carbocycles. The third-order valence-corrected chi connectivity index (χ3v) is 5.71. The molecule has 1 aliphatic heterocycles. The Morgan fingerprint density at radius 3 is 2.22 bits per heavy atom. The van der Waals surface area contributed by atoms with Crippen molar-refractivity contribution in [3.8, 4) is 0 Å². The zero-order valence-corrected chi connectivity index (χ0v) is 16.7. The fraction of sp³-hybridized carbons (Fsp3) is 0.500. The molecule has 0 radical (unpaired) electrons. The summed E-state index contributed by atoms with van der Waals surface area (Å²) in [7, 11) is 0. The number of hydrogen-bond donors (Lipinski definition) is 1. The molecule has 3 nitrogen and oxygen atoms in total. The highest BCUT2D eigenvalue weighted by molar-refractivity contribution is 5.27. The number of aliphatic hydroxyl groups is 1. The Balaban J connectivity index is 1.27. The van der Waals surface area contributed by atoms with Gasteiger partial charge in [0.05, 0.1) is 6.10 Å². The Labute approximate surface area is 164 Å². The molecule has 0 spiro atoms. The molecule has 1 unspecified atom stereocenters. The van der Waals surface area contributed by atoms with Gasteiger partial charge in [0.2, 0.25) is 0 Å². The molecule has 2 aromatic rings. The molecule has 1 N–H and O–H groups in total. The first-order valence-corrected chi connectivity index (χ1v) is 10.4. The Hall–Kier alpha value is -1.68. The fourth-order valence-corrected chi connectivity index (χ4v) is 3.98. The van der Waals surface area contributed by atoms with Crippen molar-refractivity contribution in [2.75, 3.05) is 32.7 Å². The number of aliphatic hydroxyl groups excluding tert-OH is 1. The molecule has 1 atom stereocenters. The van der Waals surface area contributed by atoms with Crippen LogP contribution in [0.1, 0.15) is 48.5 Å². The molecule has 1 fully saturated rings. The summed E-state index contributed by atoms with van der Waals surface area (Å²) < 4.78 is 0. The van der Waals surface area contributed by atoms with E-state index in [-0.39, 0.29) is 6.10 Å². The highest BCUT2D eigenvalue weighted by Crippen LogP contribution is 2.22. The number of rotatable bonds is 9. The van der Waals surface area contributed by atoms with E-state index in [0.717, 1.165) is 24.9 Å². The van der Waals surface area contributed by atoms with Crippen LogP contribution < -0.4 is 0 Å². The molecule has 0 saturated carbocycles. The van der Waals surface area contributed by atoms with Crippen LogP contribution in [0, 0.1) is 6.92 Å². The lowest BCUT2D eigenvalue weighted by molar-refractivity contribution is 0.124. The van der Waals surface area contributed by atoms with Crippen molar-refractivity contribution in [2.45, 2.75) is 45.3 Å². The largest absolute Gasteiger partial charge is 0.388 e. The molecule has 2 aromatic carbocycles. The van der Waals surface area contributed by atoms with Crippen molar-refractivity contribution < 1.29 is 5.11 Å². The minimum Gasteiger partial charge on any atom is -0.388 e. The quantitative estimate of drug-likeness (QED) is 0.666. The molecule has 0 bridgehead atoms. The van der Waals surface area contributed by atoms with Crippen LogP contribution in [0.15, 0.2) is 54.6 Å². The van der Waals surface area contributed by atoms with Crippen LogP contribution in [0.4, 0.5) is 0 Å². The van der Waals surface area contributed by atoms with Crippen LogP contribution in [0.2, 0.25) is 0 Å². The average molecular weight is 367 g/mol. The van der Waals surface area contributed by atoms with E-state index < -0.39 is 0 Å². The topological polar surface area (TPSA) is 26.7 Å². The maximum absolute atomic E-state index is 10.4. The summed E-state index contributed by atoms with van der Waals surface area (Å²) in [5.41, 5.74) is 3.70. The van der Waals surface area contributed by atoms with Crippen LogP contribution in [-0.2, 0) is 6.54 Å². The van der Waals surface area contributed by atoms with Crippen LogP contribution in [0.25, 0.3) is 0 Å². The predicted molar refractivity (Wildman–Crippen MR) is 113 cm³/mol. The first kappa shape index (κ1) is 20.1. The smallest absolute Gasteiger partial charge is 0.0792 e. The number of nitrogens with zero attached hydrogens (tertiary/aromatic N) is 2. The Bertz CT molecular complexity index is 665. The third kappa shape index (κ3) is 6.46. The van der Waals surface area contributed by atoms with E-state index in [2.05, 4.69) is 59.2 Å².